The molecule has 0 aromatic carbocycles. The van der Waals surface area contributed by atoms with Gasteiger partial charge in [0.25, 0.3) is 5.91 Å². The molecule has 0 unspecified atom stereocenters. The molecule has 144 valence electrons. The zero-order valence-electron chi connectivity index (χ0n) is 16.4. The fourth-order valence-corrected chi connectivity index (χ4v) is 3.91. The van der Waals surface area contributed by atoms with Crippen LogP contribution in [0, 0.1) is 19.8 Å². The largest absolute Gasteiger partial charge is 0.378 e. The molecule has 4 rings (SSSR count). The normalized spacial score (nSPS) is 18.9. The van der Waals surface area contributed by atoms with Crippen LogP contribution in [0.1, 0.15) is 41.6 Å². The summed E-state index contributed by atoms with van der Waals surface area (Å²) in [4.78, 5) is 31.1. The summed E-state index contributed by atoms with van der Waals surface area (Å²) in [5, 5.41) is 0.936. The minimum atomic E-state index is -0.0840. The van der Waals surface area contributed by atoms with Crippen LogP contribution in [-0.2, 0) is 4.74 Å². The Morgan fingerprint density at radius 1 is 1.07 bits per heavy atom. The number of rotatable bonds is 2. The van der Waals surface area contributed by atoms with Gasteiger partial charge < -0.3 is 14.5 Å². The van der Waals surface area contributed by atoms with E-state index < -0.39 is 0 Å². The van der Waals surface area contributed by atoms with Crippen molar-refractivity contribution in [2.45, 2.75) is 33.6 Å². The number of carbonyl (C=O) groups excluding carboxylic acids is 1. The number of likely N-dealkylation sites (tertiary alicyclic amines) is 1. The molecule has 2 aliphatic heterocycles. The molecule has 0 N–H and O–H groups in total. The first-order valence-electron chi connectivity index (χ1n) is 9.81. The molecule has 0 spiro atoms. The highest BCUT2D eigenvalue weighted by atomic mass is 16.5. The number of hydrogen-bond acceptors (Lipinski definition) is 6. The zero-order chi connectivity index (χ0) is 19.0. The number of pyridine rings is 1. The second-order valence-electron chi connectivity index (χ2n) is 7.72. The van der Waals surface area contributed by atoms with Crippen LogP contribution in [0.15, 0.2) is 6.07 Å². The first-order chi connectivity index (χ1) is 13.0. The molecule has 2 saturated heterocycles. The summed E-state index contributed by atoms with van der Waals surface area (Å²) >= 11 is 0. The molecule has 2 aromatic heterocycles. The van der Waals surface area contributed by atoms with Gasteiger partial charge in [-0.05, 0) is 44.2 Å². The van der Waals surface area contributed by atoms with Gasteiger partial charge in [0.2, 0.25) is 5.82 Å². The van der Waals surface area contributed by atoms with Crippen LogP contribution >= 0.6 is 0 Å². The topological polar surface area (TPSA) is 71.5 Å². The molecule has 7 nitrogen and oxygen atoms in total. The van der Waals surface area contributed by atoms with E-state index in [0.717, 1.165) is 61.5 Å². The number of morpholine rings is 1. The van der Waals surface area contributed by atoms with Crippen molar-refractivity contribution in [3.63, 3.8) is 0 Å². The van der Waals surface area contributed by atoms with Crippen molar-refractivity contribution in [1.82, 2.24) is 19.9 Å². The number of aryl methyl sites for hydroxylation is 2. The predicted molar refractivity (Wildman–Crippen MR) is 104 cm³/mol. The number of aromatic nitrogens is 3. The van der Waals surface area contributed by atoms with Gasteiger partial charge in [-0.3, -0.25) is 4.79 Å². The highest BCUT2D eigenvalue weighted by molar-refractivity contribution is 5.97. The monoisotopic (exact) mass is 369 g/mol. The molecule has 2 fully saturated rings. The number of amides is 1. The Balaban J connectivity index is 1.78. The van der Waals surface area contributed by atoms with Gasteiger partial charge in [0.1, 0.15) is 5.82 Å². The van der Waals surface area contributed by atoms with E-state index in [1.807, 2.05) is 17.9 Å². The van der Waals surface area contributed by atoms with Crippen LogP contribution < -0.4 is 4.90 Å². The Hall–Kier alpha value is -2.28. The van der Waals surface area contributed by atoms with E-state index in [1.165, 1.54) is 0 Å². The van der Waals surface area contributed by atoms with E-state index in [2.05, 4.69) is 28.7 Å². The molecule has 2 aliphatic rings. The van der Waals surface area contributed by atoms with Crippen molar-refractivity contribution in [2.75, 3.05) is 44.3 Å². The average Bonchev–Trinajstić information content (AvgIpc) is 2.67. The number of fused-ring (bicyclic) bond motifs is 1. The Bertz CT molecular complexity index is 855. The van der Waals surface area contributed by atoms with Gasteiger partial charge in [0.05, 0.1) is 18.6 Å². The van der Waals surface area contributed by atoms with Gasteiger partial charge in [0.15, 0.2) is 5.65 Å². The summed E-state index contributed by atoms with van der Waals surface area (Å²) in [6, 6.07) is 2.04. The van der Waals surface area contributed by atoms with E-state index in [4.69, 9.17) is 9.72 Å². The zero-order valence-corrected chi connectivity index (χ0v) is 16.4. The maximum atomic E-state index is 13.1. The van der Waals surface area contributed by atoms with Crippen molar-refractivity contribution in [3.05, 3.63) is 23.1 Å². The van der Waals surface area contributed by atoms with Crippen molar-refractivity contribution in [1.29, 1.82) is 0 Å². The molecule has 2 aromatic rings. The number of piperidine rings is 1. The highest BCUT2D eigenvalue weighted by Crippen LogP contribution is 2.28. The standard InChI is InChI=1S/C20H27N5O2/c1-13-4-6-25(7-5-13)20(26)18-22-17-16(14(2)12-15(3)21-17)19(23-18)24-8-10-27-11-9-24/h12-13H,4-11H2,1-3H3. The van der Waals surface area contributed by atoms with E-state index in [-0.39, 0.29) is 11.7 Å². The first-order valence-corrected chi connectivity index (χ1v) is 9.81. The Kier molecular flexibility index (Phi) is 4.95. The smallest absolute Gasteiger partial charge is 0.291 e. The molecule has 0 radical (unpaired) electrons. The van der Waals surface area contributed by atoms with Gasteiger partial charge in [0, 0.05) is 31.9 Å². The number of anilines is 1. The lowest BCUT2D eigenvalue weighted by molar-refractivity contribution is 0.0685. The number of ether oxygens (including phenoxy) is 1. The Labute approximate surface area is 159 Å². The summed E-state index contributed by atoms with van der Waals surface area (Å²) in [5.41, 5.74) is 2.60. The molecule has 4 heterocycles. The summed E-state index contributed by atoms with van der Waals surface area (Å²) in [5.74, 6) is 1.65. The van der Waals surface area contributed by atoms with Gasteiger partial charge in [-0.15, -0.1) is 0 Å². The van der Waals surface area contributed by atoms with Crippen LogP contribution in [-0.4, -0.2) is 65.2 Å². The van der Waals surface area contributed by atoms with Crippen LogP contribution in [0.2, 0.25) is 0 Å². The SMILES string of the molecule is Cc1cc(C)c2c(N3CCOCC3)nc(C(=O)N3CCC(C)CC3)nc2n1. The lowest BCUT2D eigenvalue weighted by Gasteiger charge is -2.31. The third-order valence-corrected chi connectivity index (χ3v) is 5.55. The Morgan fingerprint density at radius 2 is 1.78 bits per heavy atom. The minimum Gasteiger partial charge on any atom is -0.378 e. The second-order valence-corrected chi connectivity index (χ2v) is 7.72. The number of hydrogen-bond donors (Lipinski definition) is 0. The summed E-state index contributed by atoms with van der Waals surface area (Å²) in [7, 11) is 0. The van der Waals surface area contributed by atoms with Crippen LogP contribution in [0.3, 0.4) is 0 Å². The summed E-state index contributed by atoms with van der Waals surface area (Å²) in [6.45, 7) is 10.6. The van der Waals surface area contributed by atoms with E-state index in [9.17, 15) is 4.79 Å². The average molecular weight is 369 g/mol. The molecule has 0 saturated carbocycles. The fraction of sp³-hybridized carbons (Fsp3) is 0.600. The molecule has 0 aliphatic carbocycles. The van der Waals surface area contributed by atoms with Crippen LogP contribution in [0.5, 0.6) is 0 Å². The van der Waals surface area contributed by atoms with Gasteiger partial charge in [-0.25, -0.2) is 15.0 Å². The Morgan fingerprint density at radius 3 is 2.48 bits per heavy atom. The summed E-state index contributed by atoms with van der Waals surface area (Å²) in [6.07, 6.45) is 2.07. The summed E-state index contributed by atoms with van der Waals surface area (Å²) < 4.78 is 5.49. The quantitative estimate of drug-likeness (QED) is 0.809. The van der Waals surface area contributed by atoms with Gasteiger partial charge >= 0.3 is 0 Å². The predicted octanol–water partition coefficient (Wildman–Crippen LogP) is 2.35. The lowest BCUT2D eigenvalue weighted by Crippen LogP contribution is -2.40. The lowest BCUT2D eigenvalue weighted by atomic mass is 9.99. The van der Waals surface area contributed by atoms with Crippen LogP contribution in [0.25, 0.3) is 11.0 Å². The van der Waals surface area contributed by atoms with Crippen molar-refractivity contribution in [2.24, 2.45) is 5.92 Å². The minimum absolute atomic E-state index is 0.0840. The molecule has 7 heteroatoms. The second kappa shape index (κ2) is 7.38. The van der Waals surface area contributed by atoms with Gasteiger partial charge in [-0.1, -0.05) is 6.92 Å². The third kappa shape index (κ3) is 3.60. The van der Waals surface area contributed by atoms with E-state index in [1.54, 1.807) is 0 Å². The molecule has 1 amide bonds. The van der Waals surface area contributed by atoms with Crippen molar-refractivity contribution in [3.8, 4) is 0 Å². The third-order valence-electron chi connectivity index (χ3n) is 5.55. The molecular formula is C20H27N5O2. The number of carbonyl (C=O) groups is 1. The molecule has 0 bridgehead atoms. The van der Waals surface area contributed by atoms with E-state index in [0.29, 0.717) is 24.8 Å². The van der Waals surface area contributed by atoms with Crippen LogP contribution in [0.4, 0.5) is 5.82 Å². The maximum Gasteiger partial charge on any atom is 0.291 e. The van der Waals surface area contributed by atoms with Crippen molar-refractivity contribution < 1.29 is 9.53 Å². The maximum absolute atomic E-state index is 13.1. The molecule has 0 atom stereocenters. The highest BCUT2D eigenvalue weighted by Gasteiger charge is 2.26. The van der Waals surface area contributed by atoms with Gasteiger partial charge in [-0.2, -0.15) is 0 Å². The molecular weight excluding hydrogens is 342 g/mol. The first kappa shape index (κ1) is 18.1. The van der Waals surface area contributed by atoms with E-state index >= 15 is 0 Å². The van der Waals surface area contributed by atoms with Crippen molar-refractivity contribution >= 4 is 22.8 Å². The number of nitrogens with zero attached hydrogens (tertiary/aromatic N) is 5. The fourth-order valence-electron chi connectivity index (χ4n) is 3.91. The molecule has 27 heavy (non-hydrogen) atoms.